The van der Waals surface area contributed by atoms with Crippen LogP contribution in [0.1, 0.15) is 43.0 Å². The molecule has 0 N–H and O–H groups in total. The van der Waals surface area contributed by atoms with Crippen molar-refractivity contribution in [2.45, 2.75) is 32.6 Å². The summed E-state index contributed by atoms with van der Waals surface area (Å²) in [5.41, 5.74) is 4.50. The Morgan fingerprint density at radius 1 is 0.967 bits per heavy atom. The van der Waals surface area contributed by atoms with E-state index in [1.807, 2.05) is 27.7 Å². The molecule has 2 rings (SSSR count). The van der Waals surface area contributed by atoms with Gasteiger partial charge in [0.2, 0.25) is 15.8 Å². The minimum Gasteiger partial charge on any atom is -0.495 e. The fraction of sp³-hybridized carbons (Fsp3) is 0.364. The second kappa shape index (κ2) is 8.97. The quantitative estimate of drug-likeness (QED) is 0.492. The maximum Gasteiger partial charge on any atom is 0.338 e. The van der Waals surface area contributed by atoms with E-state index in [0.717, 1.165) is 26.6 Å². The van der Waals surface area contributed by atoms with Gasteiger partial charge < -0.3 is 9.47 Å². The molecule has 2 aromatic rings. The number of methoxy groups -OCH3 is 1. The van der Waals surface area contributed by atoms with Gasteiger partial charge in [-0.1, -0.05) is 0 Å². The van der Waals surface area contributed by atoms with Crippen molar-refractivity contribution in [2.24, 2.45) is 0 Å². The second-order valence-corrected chi connectivity index (χ2v) is 9.39. The first-order valence-electron chi connectivity index (χ1n) is 9.30. The summed E-state index contributed by atoms with van der Waals surface area (Å²) < 4.78 is 36.3. The van der Waals surface area contributed by atoms with Crippen molar-refractivity contribution in [2.75, 3.05) is 27.8 Å². The Morgan fingerprint density at radius 3 is 2.17 bits per heavy atom. The van der Waals surface area contributed by atoms with E-state index >= 15 is 0 Å². The van der Waals surface area contributed by atoms with Crippen molar-refractivity contribution in [1.29, 1.82) is 0 Å². The van der Waals surface area contributed by atoms with E-state index in [2.05, 4.69) is 0 Å². The molecule has 0 aromatic heterocycles. The van der Waals surface area contributed by atoms with Crippen LogP contribution in [0.2, 0.25) is 0 Å². The number of nitrogens with zero attached hydrogens (tertiary/aromatic N) is 1. The van der Waals surface area contributed by atoms with Crippen molar-refractivity contribution in [3.63, 3.8) is 0 Å². The molecule has 162 valence electrons. The van der Waals surface area contributed by atoms with Gasteiger partial charge in [-0.15, -0.1) is 0 Å². The molecule has 8 heteroatoms. The van der Waals surface area contributed by atoms with Crippen LogP contribution in [0, 0.1) is 27.7 Å². The lowest BCUT2D eigenvalue weighted by Crippen LogP contribution is -2.23. The van der Waals surface area contributed by atoms with Crippen molar-refractivity contribution < 1.29 is 27.5 Å². The average Bonchev–Trinajstić information content (AvgIpc) is 2.72. The van der Waals surface area contributed by atoms with Crippen molar-refractivity contribution in [3.8, 4) is 5.75 Å². The van der Waals surface area contributed by atoms with Gasteiger partial charge in [0.1, 0.15) is 10.6 Å². The molecule has 0 unspecified atom stereocenters. The number of rotatable bonds is 7. The highest BCUT2D eigenvalue weighted by Crippen LogP contribution is 2.27. The smallest absolute Gasteiger partial charge is 0.338 e. The maximum atomic E-state index is 12.6. The van der Waals surface area contributed by atoms with E-state index < -0.39 is 22.6 Å². The number of hydrogen-bond acceptors (Lipinski definition) is 6. The molecule has 0 heterocycles. The highest BCUT2D eigenvalue weighted by atomic mass is 32.2. The molecule has 0 spiro atoms. The van der Waals surface area contributed by atoms with E-state index in [-0.39, 0.29) is 22.0 Å². The van der Waals surface area contributed by atoms with E-state index in [4.69, 9.17) is 9.47 Å². The van der Waals surface area contributed by atoms with Crippen molar-refractivity contribution in [1.82, 2.24) is 4.31 Å². The average molecular weight is 434 g/mol. The normalized spacial score (nSPS) is 11.5. The van der Waals surface area contributed by atoms with Gasteiger partial charge in [-0.05, 0) is 74.2 Å². The Kier molecular flexibility index (Phi) is 7.05. The lowest BCUT2D eigenvalue weighted by molar-refractivity contribution is 0.0474. The molecular formula is C22H27NO6S. The number of ether oxygens (including phenoxy) is 2. The van der Waals surface area contributed by atoms with Gasteiger partial charge in [0.15, 0.2) is 6.61 Å². The number of aryl methyl sites for hydroxylation is 1. The van der Waals surface area contributed by atoms with Crippen LogP contribution in [0.4, 0.5) is 0 Å². The summed E-state index contributed by atoms with van der Waals surface area (Å²) in [7, 11) is 0.269. The molecule has 0 aliphatic rings. The van der Waals surface area contributed by atoms with Crippen LogP contribution < -0.4 is 4.74 Å². The predicted molar refractivity (Wildman–Crippen MR) is 114 cm³/mol. The first-order chi connectivity index (χ1) is 13.9. The molecule has 0 aliphatic heterocycles. The molecule has 0 bridgehead atoms. The zero-order valence-corrected chi connectivity index (χ0v) is 19.1. The largest absolute Gasteiger partial charge is 0.495 e. The number of benzene rings is 2. The van der Waals surface area contributed by atoms with E-state index in [9.17, 15) is 18.0 Å². The molecule has 0 saturated heterocycles. The molecule has 0 fully saturated rings. The summed E-state index contributed by atoms with van der Waals surface area (Å²) in [6.07, 6.45) is 0. The van der Waals surface area contributed by atoms with Gasteiger partial charge in [-0.2, -0.15) is 0 Å². The van der Waals surface area contributed by atoms with Gasteiger partial charge >= 0.3 is 5.97 Å². The van der Waals surface area contributed by atoms with Gasteiger partial charge in [0.05, 0.1) is 12.7 Å². The molecule has 0 atom stereocenters. The number of esters is 1. The van der Waals surface area contributed by atoms with Gasteiger partial charge in [0.25, 0.3) is 0 Å². The Morgan fingerprint density at radius 2 is 1.60 bits per heavy atom. The topological polar surface area (TPSA) is 90.0 Å². The summed E-state index contributed by atoms with van der Waals surface area (Å²) >= 11 is 0. The van der Waals surface area contributed by atoms with Crippen LogP contribution in [0.25, 0.3) is 0 Å². The lowest BCUT2D eigenvalue weighted by atomic mass is 9.93. The molecule has 0 radical (unpaired) electrons. The number of ketones is 1. The summed E-state index contributed by atoms with van der Waals surface area (Å²) in [6.45, 7) is 7.29. The molecule has 30 heavy (non-hydrogen) atoms. The summed E-state index contributed by atoms with van der Waals surface area (Å²) in [5.74, 6) is -1.00. The molecule has 0 amide bonds. The zero-order chi connectivity index (χ0) is 22.8. The first kappa shape index (κ1) is 23.6. The number of carbonyl (C=O) groups excluding carboxylic acids is 2. The number of sulfonamides is 1. The highest BCUT2D eigenvalue weighted by molar-refractivity contribution is 7.89. The van der Waals surface area contributed by atoms with Crippen LogP contribution in [0.15, 0.2) is 29.2 Å². The van der Waals surface area contributed by atoms with Crippen LogP contribution in [-0.4, -0.2) is 52.3 Å². The van der Waals surface area contributed by atoms with Crippen molar-refractivity contribution in [3.05, 3.63) is 57.6 Å². The molecule has 7 nitrogen and oxygen atoms in total. The third kappa shape index (κ3) is 4.55. The third-order valence-corrected chi connectivity index (χ3v) is 7.11. The standard InChI is InChI=1S/C22H27NO6S/c1-13-10-18(16(4)15(3)14(13)2)19(24)12-29-22(25)17-8-9-20(28-7)21(11-17)30(26,27)23(5)6/h8-11H,12H2,1-7H3. The van der Waals surface area contributed by atoms with E-state index in [1.165, 1.54) is 39.4 Å². The van der Waals surface area contributed by atoms with Crippen LogP contribution in [0.3, 0.4) is 0 Å². The Labute approximate surface area is 177 Å². The fourth-order valence-electron chi connectivity index (χ4n) is 3.00. The van der Waals surface area contributed by atoms with Gasteiger partial charge in [-0.25, -0.2) is 17.5 Å². The fourth-order valence-corrected chi connectivity index (χ4v) is 4.07. The van der Waals surface area contributed by atoms with E-state index in [1.54, 1.807) is 6.07 Å². The predicted octanol–water partition coefficient (Wildman–Crippen LogP) is 3.22. The monoisotopic (exact) mass is 433 g/mol. The minimum atomic E-state index is -3.84. The number of carbonyl (C=O) groups is 2. The summed E-state index contributed by atoms with van der Waals surface area (Å²) in [4.78, 5) is 25.0. The summed E-state index contributed by atoms with van der Waals surface area (Å²) in [5, 5.41) is 0. The minimum absolute atomic E-state index is 0.0111. The van der Waals surface area contributed by atoms with Crippen LogP contribution in [-0.2, 0) is 14.8 Å². The maximum absolute atomic E-state index is 12.6. The lowest BCUT2D eigenvalue weighted by Gasteiger charge is -2.15. The van der Waals surface area contributed by atoms with Gasteiger partial charge in [0, 0.05) is 19.7 Å². The Bertz CT molecular complexity index is 1100. The zero-order valence-electron chi connectivity index (χ0n) is 18.3. The Hall–Kier alpha value is -2.71. The first-order valence-corrected chi connectivity index (χ1v) is 10.7. The molecular weight excluding hydrogens is 406 g/mol. The summed E-state index contributed by atoms with van der Waals surface area (Å²) in [6, 6.07) is 5.76. The van der Waals surface area contributed by atoms with Crippen molar-refractivity contribution >= 4 is 21.8 Å². The SMILES string of the molecule is COc1ccc(C(=O)OCC(=O)c2cc(C)c(C)c(C)c2C)cc1S(=O)(=O)N(C)C. The van der Waals surface area contributed by atoms with E-state index in [0.29, 0.717) is 5.56 Å². The van der Waals surface area contributed by atoms with Gasteiger partial charge in [-0.3, -0.25) is 4.79 Å². The molecule has 0 aliphatic carbocycles. The number of Topliss-reactive ketones (excluding diaryl/α,β-unsaturated/α-hetero) is 1. The number of hydrogen-bond donors (Lipinski definition) is 0. The Balaban J connectivity index is 2.27. The molecule has 0 saturated carbocycles. The van der Waals surface area contributed by atoms with Crippen LogP contribution >= 0.6 is 0 Å². The highest BCUT2D eigenvalue weighted by Gasteiger charge is 2.24. The van der Waals surface area contributed by atoms with Crippen LogP contribution in [0.5, 0.6) is 5.75 Å². The third-order valence-electron chi connectivity index (χ3n) is 5.27. The molecule has 2 aromatic carbocycles. The second-order valence-electron chi connectivity index (χ2n) is 7.27.